The quantitative estimate of drug-likeness (QED) is 0.767. The molecule has 0 saturated carbocycles. The van der Waals surface area contributed by atoms with Crippen molar-refractivity contribution in [1.82, 2.24) is 15.1 Å². The number of hydrogen-bond acceptors (Lipinski definition) is 5. The number of amides is 1. The van der Waals surface area contributed by atoms with Crippen molar-refractivity contribution in [2.75, 3.05) is 13.1 Å². The number of likely N-dealkylation sites (tertiary alicyclic amines) is 1. The molecule has 0 aromatic carbocycles. The lowest BCUT2D eigenvalue weighted by Gasteiger charge is -2.32. The SMILES string of the molecule is CC(C)(C)OC(=O)N1CCCC(c2nnco2)C1. The summed E-state index contributed by atoms with van der Waals surface area (Å²) in [7, 11) is 0. The zero-order valence-electron chi connectivity index (χ0n) is 11.0. The van der Waals surface area contributed by atoms with Crippen LogP contribution in [0.5, 0.6) is 0 Å². The summed E-state index contributed by atoms with van der Waals surface area (Å²) >= 11 is 0. The summed E-state index contributed by atoms with van der Waals surface area (Å²) < 4.78 is 10.6. The summed E-state index contributed by atoms with van der Waals surface area (Å²) in [6.07, 6.45) is 2.93. The van der Waals surface area contributed by atoms with Gasteiger partial charge in [0.2, 0.25) is 12.3 Å². The van der Waals surface area contributed by atoms with E-state index < -0.39 is 5.60 Å². The van der Waals surface area contributed by atoms with Crippen molar-refractivity contribution in [3.8, 4) is 0 Å². The molecule has 6 heteroatoms. The van der Waals surface area contributed by atoms with E-state index in [2.05, 4.69) is 10.2 Å². The van der Waals surface area contributed by atoms with Gasteiger partial charge in [0, 0.05) is 13.1 Å². The van der Waals surface area contributed by atoms with Crippen LogP contribution >= 0.6 is 0 Å². The van der Waals surface area contributed by atoms with Crippen LogP contribution in [-0.2, 0) is 4.74 Å². The van der Waals surface area contributed by atoms with Crippen LogP contribution in [0, 0.1) is 0 Å². The van der Waals surface area contributed by atoms with Crippen LogP contribution in [0.15, 0.2) is 10.8 Å². The molecule has 1 aliphatic heterocycles. The topological polar surface area (TPSA) is 68.5 Å². The molecule has 0 spiro atoms. The molecule has 1 aliphatic rings. The Balaban J connectivity index is 1.96. The molecule has 100 valence electrons. The van der Waals surface area contributed by atoms with Crippen LogP contribution in [0.25, 0.3) is 0 Å². The molecule has 1 aromatic heterocycles. The van der Waals surface area contributed by atoms with Crippen molar-refractivity contribution < 1.29 is 13.9 Å². The first kappa shape index (κ1) is 12.9. The number of nitrogens with zero attached hydrogens (tertiary/aromatic N) is 3. The van der Waals surface area contributed by atoms with Crippen LogP contribution in [0.4, 0.5) is 4.79 Å². The van der Waals surface area contributed by atoms with E-state index in [1.165, 1.54) is 6.39 Å². The van der Waals surface area contributed by atoms with Gasteiger partial charge in [-0.2, -0.15) is 0 Å². The summed E-state index contributed by atoms with van der Waals surface area (Å²) in [5.74, 6) is 0.719. The molecule has 1 fully saturated rings. The molecule has 0 radical (unpaired) electrons. The van der Waals surface area contributed by atoms with E-state index in [1.54, 1.807) is 4.90 Å². The molecule has 0 bridgehead atoms. The maximum absolute atomic E-state index is 12.0. The molecule has 0 aliphatic carbocycles. The van der Waals surface area contributed by atoms with Gasteiger partial charge in [-0.25, -0.2) is 4.79 Å². The first-order chi connectivity index (χ1) is 8.46. The summed E-state index contributed by atoms with van der Waals surface area (Å²) in [5.41, 5.74) is -0.464. The fourth-order valence-corrected chi connectivity index (χ4v) is 2.03. The highest BCUT2D eigenvalue weighted by atomic mass is 16.6. The molecule has 1 unspecified atom stereocenters. The predicted molar refractivity (Wildman–Crippen MR) is 64.1 cm³/mol. The second-order valence-electron chi connectivity index (χ2n) is 5.54. The average Bonchev–Trinajstić information content (AvgIpc) is 2.80. The average molecular weight is 253 g/mol. The van der Waals surface area contributed by atoms with E-state index >= 15 is 0 Å². The zero-order valence-corrected chi connectivity index (χ0v) is 11.0. The first-order valence-corrected chi connectivity index (χ1v) is 6.20. The van der Waals surface area contributed by atoms with Crippen molar-refractivity contribution in [1.29, 1.82) is 0 Å². The van der Waals surface area contributed by atoms with E-state index in [1.807, 2.05) is 20.8 Å². The van der Waals surface area contributed by atoms with Crippen LogP contribution < -0.4 is 0 Å². The fraction of sp³-hybridized carbons (Fsp3) is 0.750. The Labute approximate surface area is 106 Å². The van der Waals surface area contributed by atoms with Crippen LogP contribution in [0.2, 0.25) is 0 Å². The Morgan fingerprint density at radius 2 is 2.33 bits per heavy atom. The minimum absolute atomic E-state index is 0.119. The molecule has 0 N–H and O–H groups in total. The monoisotopic (exact) mass is 253 g/mol. The van der Waals surface area contributed by atoms with E-state index in [-0.39, 0.29) is 12.0 Å². The Hall–Kier alpha value is -1.59. The number of rotatable bonds is 1. The molecule has 2 rings (SSSR count). The Bertz CT molecular complexity index is 397. The normalized spacial score (nSPS) is 20.8. The van der Waals surface area contributed by atoms with Crippen molar-refractivity contribution in [3.05, 3.63) is 12.3 Å². The largest absolute Gasteiger partial charge is 0.444 e. The highest BCUT2D eigenvalue weighted by molar-refractivity contribution is 5.68. The van der Waals surface area contributed by atoms with E-state index in [9.17, 15) is 4.79 Å². The molecule has 1 amide bonds. The lowest BCUT2D eigenvalue weighted by atomic mass is 9.98. The standard InChI is InChI=1S/C12H19N3O3/c1-12(2,3)18-11(16)15-6-4-5-9(7-15)10-14-13-8-17-10/h8-9H,4-7H2,1-3H3. The zero-order chi connectivity index (χ0) is 13.2. The summed E-state index contributed by atoms with van der Waals surface area (Å²) in [4.78, 5) is 13.7. The van der Waals surface area contributed by atoms with Crippen LogP contribution in [-0.4, -0.2) is 39.9 Å². The van der Waals surface area contributed by atoms with Gasteiger partial charge in [-0.3, -0.25) is 0 Å². The second kappa shape index (κ2) is 4.96. The number of piperidine rings is 1. The Kier molecular flexibility index (Phi) is 3.54. The van der Waals surface area contributed by atoms with Gasteiger partial charge in [0.1, 0.15) is 5.60 Å². The first-order valence-electron chi connectivity index (χ1n) is 6.20. The molecular formula is C12H19N3O3. The third-order valence-electron chi connectivity index (χ3n) is 2.80. The van der Waals surface area contributed by atoms with Crippen LogP contribution in [0.1, 0.15) is 45.4 Å². The summed E-state index contributed by atoms with van der Waals surface area (Å²) in [6.45, 7) is 6.90. The lowest BCUT2D eigenvalue weighted by Crippen LogP contribution is -2.42. The van der Waals surface area contributed by atoms with Gasteiger partial charge in [-0.05, 0) is 33.6 Å². The van der Waals surface area contributed by atoms with Gasteiger partial charge >= 0.3 is 6.09 Å². The third-order valence-corrected chi connectivity index (χ3v) is 2.80. The molecule has 1 atom stereocenters. The molecule has 1 aromatic rings. The van der Waals surface area contributed by atoms with Gasteiger partial charge < -0.3 is 14.1 Å². The molecule has 2 heterocycles. The van der Waals surface area contributed by atoms with Gasteiger partial charge in [0.25, 0.3) is 0 Å². The lowest BCUT2D eigenvalue weighted by molar-refractivity contribution is 0.0190. The number of carbonyl (C=O) groups is 1. The summed E-state index contributed by atoms with van der Waals surface area (Å²) in [5, 5.41) is 7.59. The summed E-state index contributed by atoms with van der Waals surface area (Å²) in [6, 6.07) is 0. The van der Waals surface area contributed by atoms with E-state index in [4.69, 9.17) is 9.15 Å². The smallest absolute Gasteiger partial charge is 0.410 e. The Morgan fingerprint density at radius 3 is 2.94 bits per heavy atom. The molecule has 1 saturated heterocycles. The van der Waals surface area contributed by atoms with Gasteiger partial charge in [-0.1, -0.05) is 0 Å². The number of carbonyl (C=O) groups excluding carboxylic acids is 1. The van der Waals surface area contributed by atoms with Crippen molar-refractivity contribution in [2.45, 2.75) is 45.1 Å². The van der Waals surface area contributed by atoms with Crippen molar-refractivity contribution >= 4 is 6.09 Å². The predicted octanol–water partition coefficient (Wildman–Crippen LogP) is 2.18. The van der Waals surface area contributed by atoms with E-state index in [0.717, 1.165) is 19.4 Å². The van der Waals surface area contributed by atoms with Gasteiger partial charge in [-0.15, -0.1) is 10.2 Å². The molecule has 6 nitrogen and oxygen atoms in total. The third kappa shape index (κ3) is 3.21. The van der Waals surface area contributed by atoms with Crippen LogP contribution in [0.3, 0.4) is 0 Å². The minimum atomic E-state index is -0.464. The van der Waals surface area contributed by atoms with Gasteiger partial charge in [0.05, 0.1) is 5.92 Å². The second-order valence-corrected chi connectivity index (χ2v) is 5.54. The fourth-order valence-electron chi connectivity index (χ4n) is 2.03. The number of ether oxygens (including phenoxy) is 1. The Morgan fingerprint density at radius 1 is 1.56 bits per heavy atom. The highest BCUT2D eigenvalue weighted by Crippen LogP contribution is 2.26. The van der Waals surface area contributed by atoms with Crippen molar-refractivity contribution in [2.24, 2.45) is 0 Å². The molecular weight excluding hydrogens is 234 g/mol. The van der Waals surface area contributed by atoms with E-state index in [0.29, 0.717) is 12.4 Å². The highest BCUT2D eigenvalue weighted by Gasteiger charge is 2.30. The minimum Gasteiger partial charge on any atom is -0.444 e. The van der Waals surface area contributed by atoms with Crippen molar-refractivity contribution in [3.63, 3.8) is 0 Å². The molecule has 18 heavy (non-hydrogen) atoms. The maximum atomic E-state index is 12.0. The maximum Gasteiger partial charge on any atom is 0.410 e. The number of hydrogen-bond donors (Lipinski definition) is 0. The number of aromatic nitrogens is 2. The van der Waals surface area contributed by atoms with Gasteiger partial charge in [0.15, 0.2) is 0 Å².